The molecule has 0 saturated heterocycles. The molecule has 0 bridgehead atoms. The van der Waals surface area contributed by atoms with E-state index in [1.54, 1.807) is 4.90 Å². The summed E-state index contributed by atoms with van der Waals surface area (Å²) in [6.45, 7) is 7.36. The van der Waals surface area contributed by atoms with Crippen molar-refractivity contribution in [2.45, 2.75) is 45.4 Å². The Bertz CT molecular complexity index is 1340. The number of nitrogens with zero attached hydrogens (tertiary/aromatic N) is 5. The Morgan fingerprint density at radius 1 is 1.13 bits per heavy atom. The average molecular weight is 554 g/mol. The molecule has 1 atom stereocenters. The van der Waals surface area contributed by atoms with Crippen LogP contribution in [0.3, 0.4) is 0 Å². The fourth-order valence-corrected chi connectivity index (χ4v) is 4.90. The molecule has 0 spiro atoms. The first-order valence-corrected chi connectivity index (χ1v) is 12.5. The first kappa shape index (κ1) is 29.7. The summed E-state index contributed by atoms with van der Waals surface area (Å²) in [6, 6.07) is 14.8. The van der Waals surface area contributed by atoms with E-state index in [1.165, 1.54) is 24.3 Å². The number of non-ortho nitro benzene ring substituents is 1. The van der Waals surface area contributed by atoms with Gasteiger partial charge in [-0.05, 0) is 52.6 Å². The molecule has 0 aliphatic carbocycles. The van der Waals surface area contributed by atoms with E-state index in [9.17, 15) is 19.7 Å². The lowest BCUT2D eigenvalue weighted by atomic mass is 10.00. The van der Waals surface area contributed by atoms with Crippen molar-refractivity contribution in [3.8, 4) is 0 Å². The number of hydrogen-bond acceptors (Lipinski definition) is 6. The summed E-state index contributed by atoms with van der Waals surface area (Å²) in [5.74, 6) is -0.0549. The maximum Gasteiger partial charge on any atom is 0.319 e. The van der Waals surface area contributed by atoms with E-state index in [4.69, 9.17) is 0 Å². The van der Waals surface area contributed by atoms with Crippen LogP contribution >= 0.6 is 13.5 Å². The number of amides is 3. The molecule has 1 aromatic heterocycles. The highest BCUT2D eigenvalue weighted by Gasteiger charge is 2.45. The number of benzene rings is 2. The molecule has 3 amide bonds. The van der Waals surface area contributed by atoms with E-state index in [0.717, 1.165) is 16.8 Å². The number of aromatic nitrogens is 2. The average Bonchev–Trinajstić information content (AvgIpc) is 3.38. The summed E-state index contributed by atoms with van der Waals surface area (Å²) in [7, 11) is 3.93. The molecule has 4 rings (SSSR count). The first-order chi connectivity index (χ1) is 18.0. The van der Waals surface area contributed by atoms with Gasteiger partial charge >= 0.3 is 6.03 Å². The van der Waals surface area contributed by atoms with E-state index >= 15 is 0 Å². The molecule has 0 fully saturated rings. The van der Waals surface area contributed by atoms with Crippen LogP contribution in [0.15, 0.2) is 54.6 Å². The predicted octanol–water partition coefficient (Wildman–Crippen LogP) is 4.24. The Balaban J connectivity index is 0.00000420. The van der Waals surface area contributed by atoms with Crippen molar-refractivity contribution in [2.75, 3.05) is 26.0 Å². The largest absolute Gasteiger partial charge is 0.330 e. The first-order valence-electron chi connectivity index (χ1n) is 12.5. The summed E-state index contributed by atoms with van der Waals surface area (Å²) in [6.07, 6.45) is 0. The van der Waals surface area contributed by atoms with Crippen LogP contribution < -0.4 is 10.6 Å². The molecule has 208 valence electrons. The quantitative estimate of drug-likeness (QED) is 0.318. The number of nitro benzene ring substituents is 1. The maximum absolute atomic E-state index is 13.7. The zero-order valence-corrected chi connectivity index (χ0v) is 23.8. The molecule has 39 heavy (non-hydrogen) atoms. The van der Waals surface area contributed by atoms with Gasteiger partial charge in [0, 0.05) is 36.3 Å². The molecule has 0 radical (unpaired) electrons. The number of urea groups is 1. The van der Waals surface area contributed by atoms with Gasteiger partial charge in [0.05, 0.1) is 28.7 Å². The second kappa shape index (κ2) is 11.9. The molecule has 2 heterocycles. The van der Waals surface area contributed by atoms with Gasteiger partial charge < -0.3 is 20.4 Å². The third-order valence-electron chi connectivity index (χ3n) is 6.79. The SMILES string of the molecule is CCn1nc(NC(=O)c2ccc([N+](=O)[O-])cc2)c2c1C(C)(C)N(C(=O)N[C@H](CN(C)C)c1ccccc1)C2.S. The molecular formula is C27H35N7O4S. The summed E-state index contributed by atoms with van der Waals surface area (Å²) >= 11 is 0. The van der Waals surface area contributed by atoms with Crippen molar-refractivity contribution in [1.29, 1.82) is 0 Å². The molecule has 12 heteroatoms. The van der Waals surface area contributed by atoms with Crippen molar-refractivity contribution < 1.29 is 14.5 Å². The highest BCUT2D eigenvalue weighted by atomic mass is 32.1. The molecule has 1 aliphatic heterocycles. The van der Waals surface area contributed by atoms with Crippen LogP contribution in [0.25, 0.3) is 0 Å². The van der Waals surface area contributed by atoms with Crippen LogP contribution in [0.5, 0.6) is 0 Å². The summed E-state index contributed by atoms with van der Waals surface area (Å²) in [5, 5.41) is 21.6. The molecule has 0 unspecified atom stereocenters. The van der Waals surface area contributed by atoms with E-state index in [1.807, 2.05) is 74.8 Å². The second-order valence-electron chi connectivity index (χ2n) is 10.1. The van der Waals surface area contributed by atoms with Crippen LogP contribution in [0.1, 0.15) is 54.0 Å². The van der Waals surface area contributed by atoms with Gasteiger partial charge in [0.25, 0.3) is 11.6 Å². The van der Waals surface area contributed by atoms with Gasteiger partial charge in [-0.15, -0.1) is 0 Å². The Labute approximate surface area is 234 Å². The molecule has 1 aliphatic rings. The van der Waals surface area contributed by atoms with Gasteiger partial charge in [-0.1, -0.05) is 30.3 Å². The molecular weight excluding hydrogens is 518 g/mol. The molecule has 2 N–H and O–H groups in total. The number of aryl methyl sites for hydroxylation is 1. The topological polar surface area (TPSA) is 126 Å². The number of nitro groups is 1. The zero-order valence-electron chi connectivity index (χ0n) is 22.8. The Morgan fingerprint density at radius 2 is 1.77 bits per heavy atom. The van der Waals surface area contributed by atoms with Crippen LogP contribution in [0.2, 0.25) is 0 Å². The Kier molecular flexibility index (Phi) is 9.03. The summed E-state index contributed by atoms with van der Waals surface area (Å²) < 4.78 is 1.81. The van der Waals surface area contributed by atoms with Crippen molar-refractivity contribution in [3.05, 3.63) is 87.1 Å². The van der Waals surface area contributed by atoms with E-state index < -0.39 is 16.4 Å². The number of fused-ring (bicyclic) bond motifs is 1. The van der Waals surface area contributed by atoms with Gasteiger partial charge in [0.15, 0.2) is 5.82 Å². The van der Waals surface area contributed by atoms with Gasteiger partial charge in [0.2, 0.25) is 0 Å². The normalized spacial score (nSPS) is 14.4. The highest BCUT2D eigenvalue weighted by Crippen LogP contribution is 2.42. The van der Waals surface area contributed by atoms with Crippen LogP contribution in [-0.2, 0) is 18.6 Å². The molecule has 3 aromatic rings. The molecule has 2 aromatic carbocycles. The van der Waals surface area contributed by atoms with Crippen molar-refractivity contribution in [3.63, 3.8) is 0 Å². The lowest BCUT2D eigenvalue weighted by molar-refractivity contribution is -0.384. The Morgan fingerprint density at radius 3 is 2.33 bits per heavy atom. The van der Waals surface area contributed by atoms with Crippen molar-refractivity contribution in [2.24, 2.45) is 0 Å². The minimum absolute atomic E-state index is 0. The van der Waals surface area contributed by atoms with E-state index in [0.29, 0.717) is 18.9 Å². The van der Waals surface area contributed by atoms with Crippen molar-refractivity contribution >= 4 is 36.9 Å². The lowest BCUT2D eigenvalue weighted by Gasteiger charge is -2.35. The fourth-order valence-electron chi connectivity index (χ4n) is 4.90. The number of rotatable bonds is 8. The maximum atomic E-state index is 13.7. The number of likely N-dealkylation sites (N-methyl/N-ethyl adjacent to an activating group) is 1. The van der Waals surface area contributed by atoms with E-state index in [-0.39, 0.29) is 43.4 Å². The summed E-state index contributed by atoms with van der Waals surface area (Å²) in [5.41, 5.74) is 2.14. The number of carbonyl (C=O) groups is 2. The third-order valence-corrected chi connectivity index (χ3v) is 6.79. The zero-order chi connectivity index (χ0) is 27.6. The van der Waals surface area contributed by atoms with Crippen molar-refractivity contribution in [1.82, 2.24) is 24.9 Å². The summed E-state index contributed by atoms with van der Waals surface area (Å²) in [4.78, 5) is 40.8. The van der Waals surface area contributed by atoms with E-state index in [2.05, 4.69) is 15.7 Å². The minimum Gasteiger partial charge on any atom is -0.330 e. The second-order valence-corrected chi connectivity index (χ2v) is 10.1. The van der Waals surface area contributed by atoms with Crippen LogP contribution in [-0.4, -0.2) is 57.1 Å². The van der Waals surface area contributed by atoms with Gasteiger partial charge in [0.1, 0.15) is 0 Å². The third kappa shape index (κ3) is 6.07. The van der Waals surface area contributed by atoms with Gasteiger partial charge in [-0.3, -0.25) is 19.6 Å². The minimum atomic E-state index is -0.682. The number of anilines is 1. The van der Waals surface area contributed by atoms with Gasteiger partial charge in [-0.25, -0.2) is 4.79 Å². The lowest BCUT2D eigenvalue weighted by Crippen LogP contribution is -2.49. The standard InChI is InChI=1S/C27H33N7O4.H2S/c1-6-33-23-21(24(30-33)29-25(35)19-12-14-20(15-13-19)34(37)38)16-32(27(23,2)3)26(36)28-22(17-31(4)5)18-10-8-7-9-11-18;/h7-15,22H,6,16-17H2,1-5H3,(H,28,36)(H,29,30,35);1H2/t22-;/m1./s1. The monoisotopic (exact) mass is 553 g/mol. The highest BCUT2D eigenvalue weighted by molar-refractivity contribution is 7.59. The van der Waals surface area contributed by atoms with Crippen LogP contribution in [0.4, 0.5) is 16.3 Å². The van der Waals surface area contributed by atoms with Crippen LogP contribution in [0, 0.1) is 10.1 Å². The smallest absolute Gasteiger partial charge is 0.319 e. The van der Waals surface area contributed by atoms with Gasteiger partial charge in [-0.2, -0.15) is 18.6 Å². The number of hydrogen-bond donors (Lipinski definition) is 2. The molecule has 11 nitrogen and oxygen atoms in total. The number of nitrogens with one attached hydrogen (secondary N) is 2. The molecule has 0 saturated carbocycles. The fraction of sp³-hybridized carbons (Fsp3) is 0.370. The predicted molar refractivity (Wildman–Crippen MR) is 154 cm³/mol. The number of carbonyl (C=O) groups excluding carboxylic acids is 2. The Hall–Kier alpha value is -3.90.